The monoisotopic (exact) mass is 238 g/mol. The molecule has 1 aromatic heterocycles. The number of thiazole rings is 1. The minimum absolute atomic E-state index is 0.363. The maximum atomic E-state index is 4.55. The zero-order valence-corrected chi connectivity index (χ0v) is 11.4. The molecule has 0 radical (unpaired) electrons. The molecule has 0 atom stereocenters. The molecule has 0 unspecified atom stereocenters. The van der Waals surface area contributed by atoms with Gasteiger partial charge >= 0.3 is 0 Å². The van der Waals surface area contributed by atoms with Gasteiger partial charge in [0.2, 0.25) is 0 Å². The summed E-state index contributed by atoms with van der Waals surface area (Å²) in [5.74, 6) is 0. The molecular weight excluding hydrogens is 216 g/mol. The van der Waals surface area contributed by atoms with Gasteiger partial charge in [0.15, 0.2) is 0 Å². The first-order valence-corrected chi connectivity index (χ1v) is 7.07. The fourth-order valence-corrected chi connectivity index (χ4v) is 2.58. The Labute approximate surface area is 102 Å². The van der Waals surface area contributed by atoms with Gasteiger partial charge in [0.05, 0.1) is 10.7 Å². The van der Waals surface area contributed by atoms with E-state index in [4.69, 9.17) is 0 Å². The summed E-state index contributed by atoms with van der Waals surface area (Å²) in [6.07, 6.45) is 5.10. The highest BCUT2D eigenvalue weighted by molar-refractivity contribution is 7.09. The summed E-state index contributed by atoms with van der Waals surface area (Å²) in [4.78, 5) is 4.55. The van der Waals surface area contributed by atoms with Gasteiger partial charge in [-0.25, -0.2) is 4.98 Å². The van der Waals surface area contributed by atoms with Crippen LogP contribution in [-0.4, -0.2) is 17.6 Å². The summed E-state index contributed by atoms with van der Waals surface area (Å²) >= 11 is 1.76. The van der Waals surface area contributed by atoms with Crippen LogP contribution in [-0.2, 0) is 6.42 Å². The van der Waals surface area contributed by atoms with Crippen molar-refractivity contribution in [3.05, 3.63) is 16.1 Å². The average molecular weight is 238 g/mol. The third-order valence-corrected chi connectivity index (χ3v) is 3.96. The lowest BCUT2D eigenvalue weighted by Crippen LogP contribution is -2.25. The summed E-state index contributed by atoms with van der Waals surface area (Å²) in [6.45, 7) is 7.92. The van der Waals surface area contributed by atoms with Gasteiger partial charge in [-0.2, -0.15) is 0 Å². The predicted molar refractivity (Wildman–Crippen MR) is 70.0 cm³/mol. The molecule has 1 fully saturated rings. The molecule has 1 aliphatic rings. The van der Waals surface area contributed by atoms with E-state index < -0.39 is 0 Å². The van der Waals surface area contributed by atoms with Crippen LogP contribution in [0.3, 0.4) is 0 Å². The molecule has 1 saturated carbocycles. The topological polar surface area (TPSA) is 24.9 Å². The maximum Gasteiger partial charge on any atom is 0.0897 e. The van der Waals surface area contributed by atoms with E-state index in [0.717, 1.165) is 19.0 Å². The Morgan fingerprint density at radius 1 is 1.50 bits per heavy atom. The molecule has 2 nitrogen and oxygen atoms in total. The number of nitrogens with zero attached hydrogens (tertiary/aromatic N) is 1. The summed E-state index contributed by atoms with van der Waals surface area (Å²) < 4.78 is 0. The van der Waals surface area contributed by atoms with Crippen LogP contribution in [0.15, 0.2) is 5.38 Å². The molecule has 1 N–H and O–H groups in total. The second-order valence-corrected chi connectivity index (χ2v) is 6.74. The van der Waals surface area contributed by atoms with Crippen molar-refractivity contribution in [3.8, 4) is 0 Å². The zero-order chi connectivity index (χ0) is 11.6. The van der Waals surface area contributed by atoms with Crippen LogP contribution in [0.1, 0.15) is 43.8 Å². The van der Waals surface area contributed by atoms with Crippen molar-refractivity contribution >= 4 is 11.3 Å². The van der Waals surface area contributed by atoms with Crippen LogP contribution < -0.4 is 5.32 Å². The van der Waals surface area contributed by atoms with Crippen molar-refractivity contribution < 1.29 is 0 Å². The smallest absolute Gasteiger partial charge is 0.0897 e. The molecular formula is C13H22N2S. The lowest BCUT2D eigenvalue weighted by molar-refractivity contribution is 0.322. The third-order valence-electron chi connectivity index (χ3n) is 3.14. The largest absolute Gasteiger partial charge is 0.314 e. The van der Waals surface area contributed by atoms with Gasteiger partial charge in [0.1, 0.15) is 0 Å². The Kier molecular flexibility index (Phi) is 3.65. The minimum atomic E-state index is 0.363. The van der Waals surface area contributed by atoms with Crippen molar-refractivity contribution in [1.29, 1.82) is 0 Å². The van der Waals surface area contributed by atoms with Crippen molar-refractivity contribution in [1.82, 2.24) is 10.3 Å². The molecule has 90 valence electrons. The molecule has 3 heteroatoms. The molecule has 0 saturated heterocycles. The summed E-state index contributed by atoms with van der Waals surface area (Å²) in [6, 6.07) is 0.831. The van der Waals surface area contributed by atoms with E-state index in [1.54, 1.807) is 11.3 Å². The SMILES string of the molecule is Cc1nc(CC(C)(C)CCNC2CC2)cs1. The fraction of sp³-hybridized carbons (Fsp3) is 0.769. The lowest BCUT2D eigenvalue weighted by Gasteiger charge is -2.23. The second-order valence-electron chi connectivity index (χ2n) is 5.68. The lowest BCUT2D eigenvalue weighted by atomic mass is 9.84. The van der Waals surface area contributed by atoms with Crippen LogP contribution in [0.5, 0.6) is 0 Å². The van der Waals surface area contributed by atoms with Crippen molar-refractivity contribution in [2.24, 2.45) is 5.41 Å². The van der Waals surface area contributed by atoms with E-state index in [9.17, 15) is 0 Å². The Morgan fingerprint density at radius 2 is 2.25 bits per heavy atom. The molecule has 2 rings (SSSR count). The van der Waals surface area contributed by atoms with Gasteiger partial charge < -0.3 is 5.32 Å². The van der Waals surface area contributed by atoms with Gasteiger partial charge in [-0.15, -0.1) is 11.3 Å². The highest BCUT2D eigenvalue weighted by Gasteiger charge is 2.23. The number of hydrogen-bond donors (Lipinski definition) is 1. The Morgan fingerprint density at radius 3 is 2.81 bits per heavy atom. The van der Waals surface area contributed by atoms with Crippen molar-refractivity contribution in [2.75, 3.05) is 6.54 Å². The van der Waals surface area contributed by atoms with Gasteiger partial charge in [-0.3, -0.25) is 0 Å². The minimum Gasteiger partial charge on any atom is -0.314 e. The number of aromatic nitrogens is 1. The summed E-state index contributed by atoms with van der Waals surface area (Å²) in [5.41, 5.74) is 1.63. The zero-order valence-electron chi connectivity index (χ0n) is 10.5. The normalized spacial score (nSPS) is 16.7. The second kappa shape index (κ2) is 4.84. The van der Waals surface area contributed by atoms with Crippen molar-refractivity contribution in [2.45, 2.75) is 52.5 Å². The van der Waals surface area contributed by atoms with Crippen LogP contribution >= 0.6 is 11.3 Å². The molecule has 0 aliphatic heterocycles. The van der Waals surface area contributed by atoms with Crippen LogP contribution in [0, 0.1) is 12.3 Å². The van der Waals surface area contributed by atoms with E-state index >= 15 is 0 Å². The standard InChI is InChI=1S/C13H22N2S/c1-10-15-12(9-16-10)8-13(2,3)6-7-14-11-4-5-11/h9,11,14H,4-8H2,1-3H3. The molecule has 0 bridgehead atoms. The molecule has 0 amide bonds. The summed E-state index contributed by atoms with van der Waals surface area (Å²) in [5, 5.41) is 6.97. The first kappa shape index (κ1) is 12.1. The number of nitrogens with one attached hydrogen (secondary N) is 1. The highest BCUT2D eigenvalue weighted by atomic mass is 32.1. The molecule has 0 aromatic carbocycles. The average Bonchev–Trinajstić information content (AvgIpc) is 2.90. The van der Waals surface area contributed by atoms with Gasteiger partial charge in [-0.1, -0.05) is 13.8 Å². The first-order valence-electron chi connectivity index (χ1n) is 6.20. The van der Waals surface area contributed by atoms with E-state index in [1.807, 2.05) is 0 Å². The van der Waals surface area contributed by atoms with Gasteiger partial charge in [0, 0.05) is 11.4 Å². The van der Waals surface area contributed by atoms with E-state index in [-0.39, 0.29) is 0 Å². The van der Waals surface area contributed by atoms with Gasteiger partial charge in [0.25, 0.3) is 0 Å². The molecule has 1 heterocycles. The summed E-state index contributed by atoms with van der Waals surface area (Å²) in [7, 11) is 0. The van der Waals surface area contributed by atoms with Crippen molar-refractivity contribution in [3.63, 3.8) is 0 Å². The predicted octanol–water partition coefficient (Wildman–Crippen LogP) is 3.16. The third kappa shape index (κ3) is 3.87. The number of hydrogen-bond acceptors (Lipinski definition) is 3. The van der Waals surface area contributed by atoms with Gasteiger partial charge in [-0.05, 0) is 44.6 Å². The van der Waals surface area contributed by atoms with E-state index in [2.05, 4.69) is 36.5 Å². The van der Waals surface area contributed by atoms with Crippen LogP contribution in [0.25, 0.3) is 0 Å². The molecule has 0 spiro atoms. The Hall–Kier alpha value is -0.410. The molecule has 1 aliphatic carbocycles. The quantitative estimate of drug-likeness (QED) is 0.823. The molecule has 1 aromatic rings. The van der Waals surface area contributed by atoms with Crippen LogP contribution in [0.4, 0.5) is 0 Å². The number of rotatable bonds is 6. The van der Waals surface area contributed by atoms with E-state index in [0.29, 0.717) is 5.41 Å². The first-order chi connectivity index (χ1) is 7.55. The van der Waals surface area contributed by atoms with E-state index in [1.165, 1.54) is 30.0 Å². The maximum absolute atomic E-state index is 4.55. The van der Waals surface area contributed by atoms with Crippen LogP contribution in [0.2, 0.25) is 0 Å². The highest BCUT2D eigenvalue weighted by Crippen LogP contribution is 2.27. The Balaban J connectivity index is 1.76. The Bertz CT molecular complexity index is 339. The fourth-order valence-electron chi connectivity index (χ4n) is 1.97. The number of aryl methyl sites for hydroxylation is 1. The molecule has 16 heavy (non-hydrogen) atoms.